The summed E-state index contributed by atoms with van der Waals surface area (Å²) in [6.45, 7) is 2.99. The number of amides is 1. The van der Waals surface area contributed by atoms with Crippen LogP contribution in [-0.4, -0.2) is 54.9 Å². The smallest absolute Gasteiger partial charge is 0.416 e. The Kier molecular flexibility index (Phi) is 3.73. The van der Waals surface area contributed by atoms with E-state index in [4.69, 9.17) is 14.5 Å². The van der Waals surface area contributed by atoms with Crippen molar-refractivity contribution >= 4 is 11.9 Å². The van der Waals surface area contributed by atoms with Crippen LogP contribution >= 0.6 is 0 Å². The molecule has 4 heterocycles. The normalized spacial score (nSPS) is 27.6. The number of likely N-dealkylation sites (tertiary alicyclic amines) is 1. The van der Waals surface area contributed by atoms with Gasteiger partial charge in [-0.2, -0.15) is 0 Å². The fourth-order valence-corrected chi connectivity index (χ4v) is 3.86. The number of hydrogen-bond donors (Lipinski definition) is 0. The van der Waals surface area contributed by atoms with Gasteiger partial charge in [0.15, 0.2) is 0 Å². The van der Waals surface area contributed by atoms with Gasteiger partial charge in [-0.25, -0.2) is 9.78 Å². The lowest BCUT2D eigenvalue weighted by Gasteiger charge is -2.30. The summed E-state index contributed by atoms with van der Waals surface area (Å²) >= 11 is 0. The van der Waals surface area contributed by atoms with E-state index < -0.39 is 5.60 Å². The van der Waals surface area contributed by atoms with Crippen LogP contribution in [0.4, 0.5) is 10.6 Å². The zero-order valence-corrected chi connectivity index (χ0v) is 13.5. The second-order valence-corrected chi connectivity index (χ2v) is 6.81. The fourth-order valence-electron chi connectivity index (χ4n) is 3.86. The molecular formula is C17H23N3O3. The van der Waals surface area contributed by atoms with Gasteiger partial charge in [-0.05, 0) is 38.6 Å². The summed E-state index contributed by atoms with van der Waals surface area (Å²) in [6.07, 6.45) is 3.57. The Bertz CT molecular complexity index is 601. The van der Waals surface area contributed by atoms with Gasteiger partial charge in [0.05, 0.1) is 31.5 Å². The minimum Gasteiger partial charge on any atom is -0.440 e. The molecule has 0 bridgehead atoms. The molecule has 4 rings (SSSR count). The molecule has 1 spiro atoms. The Morgan fingerprint density at radius 2 is 2.13 bits per heavy atom. The minimum absolute atomic E-state index is 0.281. The van der Waals surface area contributed by atoms with Crippen LogP contribution in [0.15, 0.2) is 18.2 Å². The molecule has 0 N–H and O–H groups in total. The molecule has 0 saturated carbocycles. The highest BCUT2D eigenvalue weighted by atomic mass is 16.6. The van der Waals surface area contributed by atoms with Gasteiger partial charge in [-0.1, -0.05) is 6.07 Å². The van der Waals surface area contributed by atoms with Gasteiger partial charge in [0.25, 0.3) is 0 Å². The monoisotopic (exact) mass is 317 g/mol. The van der Waals surface area contributed by atoms with E-state index in [-0.39, 0.29) is 6.09 Å². The lowest BCUT2D eigenvalue weighted by molar-refractivity contribution is -0.0431. The van der Waals surface area contributed by atoms with E-state index in [1.165, 1.54) is 6.42 Å². The Labute approximate surface area is 136 Å². The number of pyridine rings is 1. The first-order valence-corrected chi connectivity index (χ1v) is 8.42. The van der Waals surface area contributed by atoms with Crippen LogP contribution in [0, 0.1) is 0 Å². The number of carbonyl (C=O) groups excluding carboxylic acids is 1. The fraction of sp³-hybridized carbons (Fsp3) is 0.647. The van der Waals surface area contributed by atoms with Gasteiger partial charge in [0.1, 0.15) is 11.4 Å². The van der Waals surface area contributed by atoms with Crippen molar-refractivity contribution in [1.29, 1.82) is 0 Å². The maximum Gasteiger partial charge on any atom is 0.416 e. The molecule has 3 aliphatic rings. The first-order chi connectivity index (χ1) is 11.2. The number of nitrogens with zero attached hydrogens (tertiary/aromatic N) is 3. The predicted molar refractivity (Wildman–Crippen MR) is 85.5 cm³/mol. The Hall–Kier alpha value is -1.66. The molecule has 124 valence electrons. The number of aromatic nitrogens is 1. The van der Waals surface area contributed by atoms with Gasteiger partial charge in [0.2, 0.25) is 0 Å². The number of anilines is 1. The molecule has 1 atom stereocenters. The summed E-state index contributed by atoms with van der Waals surface area (Å²) in [5.74, 6) is 0.705. The van der Waals surface area contributed by atoms with Gasteiger partial charge in [0, 0.05) is 12.8 Å². The summed E-state index contributed by atoms with van der Waals surface area (Å²) in [6, 6.07) is 6.30. The quantitative estimate of drug-likeness (QED) is 0.838. The lowest BCUT2D eigenvalue weighted by Crippen LogP contribution is -2.40. The summed E-state index contributed by atoms with van der Waals surface area (Å²) in [5, 5.41) is 0. The summed E-state index contributed by atoms with van der Waals surface area (Å²) in [4.78, 5) is 21.1. The number of ether oxygens (including phenoxy) is 2. The molecule has 3 aliphatic heterocycles. The van der Waals surface area contributed by atoms with Crippen LogP contribution < -0.4 is 4.90 Å². The van der Waals surface area contributed by atoms with Crippen molar-refractivity contribution in [2.45, 2.75) is 37.3 Å². The maximum atomic E-state index is 12.4. The van der Waals surface area contributed by atoms with Gasteiger partial charge >= 0.3 is 6.09 Å². The van der Waals surface area contributed by atoms with Crippen LogP contribution in [0.25, 0.3) is 0 Å². The van der Waals surface area contributed by atoms with E-state index in [0.29, 0.717) is 31.6 Å². The standard InChI is InChI=1S/C17H23N3O3/c1-19-9-3-5-14(19)13-4-2-6-15(18-13)20-12-17(23-16(20)21)7-10-22-11-8-17/h2,4,6,14H,3,5,7-12H2,1H3/t14-/m0/s1. The second kappa shape index (κ2) is 5.76. The molecule has 1 aromatic rings. The van der Waals surface area contributed by atoms with E-state index in [1.54, 1.807) is 4.90 Å². The van der Waals surface area contributed by atoms with E-state index in [2.05, 4.69) is 18.0 Å². The lowest BCUT2D eigenvalue weighted by atomic mass is 9.94. The van der Waals surface area contributed by atoms with Crippen molar-refractivity contribution in [2.24, 2.45) is 0 Å². The third-order valence-corrected chi connectivity index (χ3v) is 5.27. The van der Waals surface area contributed by atoms with Crippen molar-refractivity contribution in [3.05, 3.63) is 23.9 Å². The molecule has 0 aliphatic carbocycles. The third kappa shape index (κ3) is 2.70. The van der Waals surface area contributed by atoms with Crippen LogP contribution in [-0.2, 0) is 9.47 Å². The van der Waals surface area contributed by atoms with Crippen molar-refractivity contribution < 1.29 is 14.3 Å². The molecule has 1 amide bonds. The van der Waals surface area contributed by atoms with E-state index in [1.807, 2.05) is 12.1 Å². The molecule has 0 radical (unpaired) electrons. The summed E-state index contributed by atoms with van der Waals surface area (Å²) in [5.41, 5.74) is 0.653. The topological polar surface area (TPSA) is 54.9 Å². The van der Waals surface area contributed by atoms with Crippen LogP contribution in [0.2, 0.25) is 0 Å². The van der Waals surface area contributed by atoms with Crippen molar-refractivity contribution in [2.75, 3.05) is 38.3 Å². The SMILES string of the molecule is CN1CCC[C@H]1c1cccc(N2CC3(CCOCC3)OC2=O)n1. The minimum atomic E-state index is -0.392. The molecular weight excluding hydrogens is 294 g/mol. The van der Waals surface area contributed by atoms with Gasteiger partial charge < -0.3 is 9.47 Å². The first-order valence-electron chi connectivity index (χ1n) is 8.42. The summed E-state index contributed by atoms with van der Waals surface area (Å²) in [7, 11) is 2.13. The predicted octanol–water partition coefficient (Wildman–Crippen LogP) is 2.35. The second-order valence-electron chi connectivity index (χ2n) is 6.81. The van der Waals surface area contributed by atoms with Crippen LogP contribution in [0.3, 0.4) is 0 Å². The molecule has 6 heteroatoms. The van der Waals surface area contributed by atoms with Crippen molar-refractivity contribution in [3.63, 3.8) is 0 Å². The van der Waals surface area contributed by atoms with Crippen molar-refractivity contribution in [3.8, 4) is 0 Å². The average Bonchev–Trinajstić information content (AvgIpc) is 3.12. The largest absolute Gasteiger partial charge is 0.440 e. The zero-order chi connectivity index (χ0) is 15.9. The van der Waals surface area contributed by atoms with Crippen molar-refractivity contribution in [1.82, 2.24) is 9.88 Å². The molecule has 1 aromatic heterocycles. The third-order valence-electron chi connectivity index (χ3n) is 5.27. The van der Waals surface area contributed by atoms with Gasteiger partial charge in [-0.15, -0.1) is 0 Å². The average molecular weight is 317 g/mol. The molecule has 6 nitrogen and oxygen atoms in total. The van der Waals surface area contributed by atoms with E-state index >= 15 is 0 Å². The van der Waals surface area contributed by atoms with Crippen LogP contribution in [0.1, 0.15) is 37.4 Å². The molecule has 23 heavy (non-hydrogen) atoms. The Morgan fingerprint density at radius 3 is 2.87 bits per heavy atom. The van der Waals surface area contributed by atoms with E-state index in [0.717, 1.165) is 31.5 Å². The summed E-state index contributed by atoms with van der Waals surface area (Å²) < 4.78 is 11.1. The maximum absolute atomic E-state index is 12.4. The molecule has 0 aromatic carbocycles. The molecule has 3 fully saturated rings. The molecule has 0 unspecified atom stereocenters. The molecule has 3 saturated heterocycles. The van der Waals surface area contributed by atoms with Gasteiger partial charge in [-0.3, -0.25) is 9.80 Å². The number of rotatable bonds is 2. The number of carbonyl (C=O) groups is 1. The van der Waals surface area contributed by atoms with E-state index in [9.17, 15) is 4.79 Å². The highest BCUT2D eigenvalue weighted by Crippen LogP contribution is 2.35. The first kappa shape index (κ1) is 14.9. The Balaban J connectivity index is 1.57. The number of hydrogen-bond acceptors (Lipinski definition) is 5. The van der Waals surface area contributed by atoms with Crippen LogP contribution in [0.5, 0.6) is 0 Å². The Morgan fingerprint density at radius 1 is 1.30 bits per heavy atom. The highest BCUT2D eigenvalue weighted by Gasteiger charge is 2.47. The highest BCUT2D eigenvalue weighted by molar-refractivity contribution is 5.89. The zero-order valence-electron chi connectivity index (χ0n) is 13.5.